The van der Waals surface area contributed by atoms with E-state index in [4.69, 9.17) is 16.6 Å². The van der Waals surface area contributed by atoms with Crippen molar-refractivity contribution in [3.8, 4) is 11.3 Å². The van der Waals surface area contributed by atoms with Crippen molar-refractivity contribution in [1.29, 1.82) is 0 Å². The molecule has 0 bridgehead atoms. The number of piperidine rings is 1. The Balaban J connectivity index is 1.46. The first-order valence-corrected chi connectivity index (χ1v) is 12.9. The molecule has 0 unspecified atom stereocenters. The number of anilines is 1. The van der Waals surface area contributed by atoms with E-state index in [-0.39, 0.29) is 9.92 Å². The fourth-order valence-electron chi connectivity index (χ4n) is 3.51. The largest absolute Gasteiger partial charge is 0.348 e. The number of hydrogen-bond acceptors (Lipinski definition) is 5. The molecule has 0 atom stereocenters. The lowest BCUT2D eigenvalue weighted by Gasteiger charge is -2.31. The van der Waals surface area contributed by atoms with Crippen molar-refractivity contribution in [3.05, 3.63) is 62.9 Å². The SMILES string of the molecule is Cc1ccc(-c2csc(N3CCC(S(=O)(=O)c4ccc(Br)cc4Cl)CC3)n2)cc1. The molecule has 0 N–H and O–H groups in total. The molecule has 4 rings (SSSR count). The van der Waals surface area contributed by atoms with Crippen molar-refractivity contribution in [2.45, 2.75) is 29.9 Å². The van der Waals surface area contributed by atoms with E-state index in [0.29, 0.717) is 25.9 Å². The average molecular weight is 512 g/mol. The van der Waals surface area contributed by atoms with E-state index < -0.39 is 15.1 Å². The van der Waals surface area contributed by atoms with E-state index in [0.717, 1.165) is 20.9 Å². The summed E-state index contributed by atoms with van der Waals surface area (Å²) in [5, 5.41) is 2.85. The molecule has 2 heterocycles. The second kappa shape index (κ2) is 8.38. The molecule has 1 saturated heterocycles. The van der Waals surface area contributed by atoms with Crippen LogP contribution in [-0.4, -0.2) is 31.7 Å². The maximum Gasteiger partial charge on any atom is 0.185 e. The van der Waals surface area contributed by atoms with Crippen LogP contribution in [0.4, 0.5) is 5.13 Å². The molecule has 8 heteroatoms. The van der Waals surface area contributed by atoms with Gasteiger partial charge in [-0.1, -0.05) is 57.4 Å². The highest BCUT2D eigenvalue weighted by Gasteiger charge is 2.33. The molecule has 0 amide bonds. The molecule has 0 spiro atoms. The Kier molecular flexibility index (Phi) is 6.02. The third kappa shape index (κ3) is 4.38. The van der Waals surface area contributed by atoms with Gasteiger partial charge in [0.1, 0.15) is 0 Å². The Morgan fingerprint density at radius 3 is 2.48 bits per heavy atom. The van der Waals surface area contributed by atoms with E-state index >= 15 is 0 Å². The predicted octanol–water partition coefficient (Wildman–Crippen LogP) is 5.98. The van der Waals surface area contributed by atoms with Gasteiger partial charge in [0.15, 0.2) is 15.0 Å². The van der Waals surface area contributed by atoms with Gasteiger partial charge >= 0.3 is 0 Å². The first-order chi connectivity index (χ1) is 13.8. The maximum atomic E-state index is 13.0. The standard InChI is InChI=1S/C21H20BrClN2O2S2/c1-14-2-4-15(5-3-14)19-13-28-21(24-19)25-10-8-17(9-11-25)29(26,27)20-7-6-16(22)12-18(20)23/h2-7,12-13,17H,8-11H2,1H3. The van der Waals surface area contributed by atoms with Crippen molar-refractivity contribution in [1.82, 2.24) is 4.98 Å². The molecule has 1 fully saturated rings. The molecule has 2 aromatic carbocycles. The lowest BCUT2D eigenvalue weighted by Crippen LogP contribution is -2.39. The van der Waals surface area contributed by atoms with Crippen LogP contribution in [-0.2, 0) is 9.84 Å². The lowest BCUT2D eigenvalue weighted by molar-refractivity contribution is 0.529. The van der Waals surface area contributed by atoms with Crippen molar-refractivity contribution < 1.29 is 8.42 Å². The minimum absolute atomic E-state index is 0.219. The molecule has 1 aliphatic rings. The topological polar surface area (TPSA) is 50.3 Å². The van der Waals surface area contributed by atoms with E-state index in [1.165, 1.54) is 5.56 Å². The third-order valence-corrected chi connectivity index (χ3v) is 9.33. The van der Waals surface area contributed by atoms with Crippen LogP contribution in [0.3, 0.4) is 0 Å². The Labute approximate surface area is 188 Å². The van der Waals surface area contributed by atoms with Gasteiger partial charge in [-0.15, -0.1) is 11.3 Å². The third-order valence-electron chi connectivity index (χ3n) is 5.19. The molecule has 0 radical (unpaired) electrons. The van der Waals surface area contributed by atoms with Gasteiger partial charge in [-0.25, -0.2) is 13.4 Å². The summed E-state index contributed by atoms with van der Waals surface area (Å²) in [6.07, 6.45) is 1.13. The zero-order chi connectivity index (χ0) is 20.6. The number of nitrogens with zero attached hydrogens (tertiary/aromatic N) is 2. The van der Waals surface area contributed by atoms with Crippen molar-refractivity contribution >= 4 is 53.8 Å². The molecule has 4 nitrogen and oxygen atoms in total. The second-order valence-corrected chi connectivity index (χ2v) is 11.5. The number of thiazole rings is 1. The highest BCUT2D eigenvalue weighted by Crippen LogP contribution is 2.34. The maximum absolute atomic E-state index is 13.0. The number of sulfone groups is 1. The summed E-state index contributed by atoms with van der Waals surface area (Å²) < 4.78 is 26.9. The Bertz CT molecular complexity index is 1120. The molecule has 0 saturated carbocycles. The molecule has 152 valence electrons. The van der Waals surface area contributed by atoms with Crippen LogP contribution in [0, 0.1) is 6.92 Å². The van der Waals surface area contributed by atoms with Crippen LogP contribution in [0.2, 0.25) is 5.02 Å². The summed E-state index contributed by atoms with van der Waals surface area (Å²) >= 11 is 11.1. The van der Waals surface area contributed by atoms with E-state index in [1.54, 1.807) is 29.5 Å². The van der Waals surface area contributed by atoms with Gasteiger partial charge in [-0.2, -0.15) is 0 Å². The molecule has 3 aromatic rings. The molecule has 29 heavy (non-hydrogen) atoms. The Morgan fingerprint density at radius 2 is 1.83 bits per heavy atom. The minimum Gasteiger partial charge on any atom is -0.348 e. The van der Waals surface area contributed by atoms with Crippen LogP contribution < -0.4 is 4.90 Å². The number of halogens is 2. The van der Waals surface area contributed by atoms with E-state index in [9.17, 15) is 8.42 Å². The molecule has 1 aliphatic heterocycles. The monoisotopic (exact) mass is 510 g/mol. The summed E-state index contributed by atoms with van der Waals surface area (Å²) in [6.45, 7) is 3.40. The zero-order valence-electron chi connectivity index (χ0n) is 15.8. The van der Waals surface area contributed by atoms with E-state index in [2.05, 4.69) is 57.4 Å². The summed E-state index contributed by atoms with van der Waals surface area (Å²) in [5.74, 6) is 0. The normalized spacial score (nSPS) is 15.6. The van der Waals surface area contributed by atoms with Gasteiger partial charge in [-0.3, -0.25) is 0 Å². The van der Waals surface area contributed by atoms with Crippen molar-refractivity contribution in [3.63, 3.8) is 0 Å². The highest BCUT2D eigenvalue weighted by molar-refractivity contribution is 9.10. The van der Waals surface area contributed by atoms with Crippen molar-refractivity contribution in [2.24, 2.45) is 0 Å². The van der Waals surface area contributed by atoms with Crippen LogP contribution in [0.25, 0.3) is 11.3 Å². The van der Waals surface area contributed by atoms with E-state index in [1.807, 2.05) is 0 Å². The van der Waals surface area contributed by atoms with Gasteiger partial charge < -0.3 is 4.90 Å². The molecule has 1 aromatic heterocycles. The number of rotatable bonds is 4. The number of aryl methyl sites for hydroxylation is 1. The fourth-order valence-corrected chi connectivity index (χ4v) is 7.17. The summed E-state index contributed by atoms with van der Waals surface area (Å²) in [7, 11) is -3.45. The van der Waals surface area contributed by atoms with Gasteiger partial charge in [0.2, 0.25) is 0 Å². The van der Waals surface area contributed by atoms with Crippen LogP contribution in [0.5, 0.6) is 0 Å². The zero-order valence-corrected chi connectivity index (χ0v) is 19.8. The molecular weight excluding hydrogens is 492 g/mol. The summed E-state index contributed by atoms with van der Waals surface area (Å²) in [6, 6.07) is 13.3. The first-order valence-electron chi connectivity index (χ1n) is 9.31. The number of hydrogen-bond donors (Lipinski definition) is 0. The second-order valence-electron chi connectivity index (χ2n) is 7.19. The van der Waals surface area contributed by atoms with Crippen molar-refractivity contribution in [2.75, 3.05) is 18.0 Å². The number of benzene rings is 2. The number of aromatic nitrogens is 1. The van der Waals surface area contributed by atoms with Crippen LogP contribution >= 0.6 is 38.9 Å². The van der Waals surface area contributed by atoms with Gasteiger partial charge in [0, 0.05) is 28.5 Å². The first kappa shape index (κ1) is 20.8. The fraction of sp³-hybridized carbons (Fsp3) is 0.286. The summed E-state index contributed by atoms with van der Waals surface area (Å²) in [4.78, 5) is 7.17. The summed E-state index contributed by atoms with van der Waals surface area (Å²) in [5.41, 5.74) is 3.28. The molecule has 0 aliphatic carbocycles. The van der Waals surface area contributed by atoms with Gasteiger partial charge in [0.25, 0.3) is 0 Å². The smallest absolute Gasteiger partial charge is 0.185 e. The highest BCUT2D eigenvalue weighted by atomic mass is 79.9. The average Bonchev–Trinajstić information content (AvgIpc) is 3.18. The lowest BCUT2D eigenvalue weighted by atomic mass is 10.1. The molecular formula is C21H20BrClN2O2S2. The van der Waals surface area contributed by atoms with Gasteiger partial charge in [0.05, 0.1) is 20.9 Å². The van der Waals surface area contributed by atoms with Crippen LogP contribution in [0.15, 0.2) is 57.2 Å². The minimum atomic E-state index is -3.45. The van der Waals surface area contributed by atoms with Crippen LogP contribution in [0.1, 0.15) is 18.4 Å². The quantitative estimate of drug-likeness (QED) is 0.432. The Hall–Kier alpha value is -1.41. The Morgan fingerprint density at radius 1 is 1.14 bits per heavy atom. The van der Waals surface area contributed by atoms with Gasteiger partial charge in [-0.05, 0) is 38.0 Å². The predicted molar refractivity (Wildman–Crippen MR) is 124 cm³/mol.